The standard InChI is InChI=1S/C18H20ClFN4O2/c1-3-21-4-5-23-16(25)18(2)8-11-10-6-12(19)13(20)7-14(10)22-15(11)9-24(18)17(23)26/h6-7,21-22H,3-5,8-9H2,1-2H3/t18-/m0/s1. The van der Waals surface area contributed by atoms with Gasteiger partial charge in [0.1, 0.15) is 11.4 Å². The molecule has 0 aliphatic carbocycles. The predicted octanol–water partition coefficient (Wildman–Crippen LogP) is 2.65. The van der Waals surface area contributed by atoms with Crippen LogP contribution in [0, 0.1) is 5.82 Å². The maximum absolute atomic E-state index is 13.8. The zero-order valence-electron chi connectivity index (χ0n) is 14.7. The molecule has 1 fully saturated rings. The third kappa shape index (κ3) is 2.34. The first-order chi connectivity index (χ1) is 12.4. The first-order valence-corrected chi connectivity index (χ1v) is 9.07. The van der Waals surface area contributed by atoms with Crippen LogP contribution < -0.4 is 5.32 Å². The van der Waals surface area contributed by atoms with Crippen LogP contribution in [-0.2, 0) is 17.8 Å². The summed E-state index contributed by atoms with van der Waals surface area (Å²) in [4.78, 5) is 31.9. The molecule has 6 nitrogen and oxygen atoms in total. The number of nitrogens with one attached hydrogen (secondary N) is 2. The third-order valence-electron chi connectivity index (χ3n) is 5.40. The van der Waals surface area contributed by atoms with E-state index in [1.54, 1.807) is 17.9 Å². The van der Waals surface area contributed by atoms with Crippen LogP contribution in [0.4, 0.5) is 9.18 Å². The highest BCUT2D eigenvalue weighted by atomic mass is 35.5. The van der Waals surface area contributed by atoms with Gasteiger partial charge in [-0.3, -0.25) is 9.69 Å². The smallest absolute Gasteiger partial charge is 0.328 e. The van der Waals surface area contributed by atoms with E-state index in [4.69, 9.17) is 11.6 Å². The molecular weight excluding hydrogens is 359 g/mol. The van der Waals surface area contributed by atoms with E-state index in [-0.39, 0.29) is 17.0 Å². The highest BCUT2D eigenvalue weighted by Gasteiger charge is 2.56. The molecule has 1 atom stereocenters. The van der Waals surface area contributed by atoms with Crippen molar-refractivity contribution in [1.82, 2.24) is 20.1 Å². The zero-order chi connectivity index (χ0) is 18.6. The molecule has 2 aliphatic rings. The Balaban J connectivity index is 1.72. The van der Waals surface area contributed by atoms with E-state index >= 15 is 0 Å². The summed E-state index contributed by atoms with van der Waals surface area (Å²) in [5, 5.41) is 3.99. The van der Waals surface area contributed by atoms with Gasteiger partial charge in [0.15, 0.2) is 0 Å². The molecule has 1 saturated heterocycles. The number of aromatic nitrogens is 1. The summed E-state index contributed by atoms with van der Waals surface area (Å²) in [7, 11) is 0. The minimum absolute atomic E-state index is 0.0491. The minimum Gasteiger partial charge on any atom is -0.357 e. The highest BCUT2D eigenvalue weighted by molar-refractivity contribution is 6.31. The molecule has 8 heteroatoms. The number of hydrogen-bond donors (Lipinski definition) is 2. The van der Waals surface area contributed by atoms with Crippen molar-refractivity contribution in [3.63, 3.8) is 0 Å². The van der Waals surface area contributed by atoms with Crippen molar-refractivity contribution in [3.8, 4) is 0 Å². The fourth-order valence-electron chi connectivity index (χ4n) is 3.97. The molecule has 4 rings (SSSR count). The molecule has 0 radical (unpaired) electrons. The summed E-state index contributed by atoms with van der Waals surface area (Å²) in [6, 6.07) is 2.67. The number of urea groups is 1. The highest BCUT2D eigenvalue weighted by Crippen LogP contribution is 2.41. The van der Waals surface area contributed by atoms with Crippen molar-refractivity contribution >= 4 is 34.4 Å². The fraction of sp³-hybridized carbons (Fsp3) is 0.444. The summed E-state index contributed by atoms with van der Waals surface area (Å²) >= 11 is 5.94. The van der Waals surface area contributed by atoms with Crippen molar-refractivity contribution in [2.24, 2.45) is 0 Å². The van der Waals surface area contributed by atoms with Gasteiger partial charge in [0, 0.05) is 36.1 Å². The second-order valence-corrected chi connectivity index (χ2v) is 7.43. The molecule has 0 saturated carbocycles. The van der Waals surface area contributed by atoms with E-state index in [0.29, 0.717) is 31.6 Å². The van der Waals surface area contributed by atoms with Gasteiger partial charge in [0.05, 0.1) is 11.6 Å². The number of fused-ring (bicyclic) bond motifs is 4. The van der Waals surface area contributed by atoms with E-state index in [1.807, 2.05) is 6.92 Å². The lowest BCUT2D eigenvalue weighted by molar-refractivity contribution is -0.132. The molecule has 0 unspecified atom stereocenters. The third-order valence-corrected chi connectivity index (χ3v) is 5.69. The summed E-state index contributed by atoms with van der Waals surface area (Å²) in [6.45, 7) is 5.77. The number of nitrogens with zero attached hydrogens (tertiary/aromatic N) is 2. The molecular formula is C18H20ClFN4O2. The first kappa shape index (κ1) is 17.3. The summed E-state index contributed by atoms with van der Waals surface area (Å²) in [6.07, 6.45) is 0.382. The van der Waals surface area contributed by atoms with Crippen molar-refractivity contribution in [3.05, 3.63) is 34.2 Å². The lowest BCUT2D eigenvalue weighted by Gasteiger charge is -2.35. The van der Waals surface area contributed by atoms with E-state index in [1.165, 1.54) is 11.0 Å². The molecule has 3 heterocycles. The van der Waals surface area contributed by atoms with Gasteiger partial charge >= 0.3 is 6.03 Å². The van der Waals surface area contributed by atoms with Crippen molar-refractivity contribution in [2.75, 3.05) is 19.6 Å². The van der Waals surface area contributed by atoms with Crippen LogP contribution in [0.15, 0.2) is 12.1 Å². The monoisotopic (exact) mass is 378 g/mol. The Morgan fingerprint density at radius 1 is 1.38 bits per heavy atom. The van der Waals surface area contributed by atoms with Gasteiger partial charge in [-0.15, -0.1) is 0 Å². The van der Waals surface area contributed by atoms with Crippen molar-refractivity contribution in [1.29, 1.82) is 0 Å². The quantitative estimate of drug-likeness (QED) is 0.635. The number of hydrogen-bond acceptors (Lipinski definition) is 3. The van der Waals surface area contributed by atoms with Crippen molar-refractivity contribution < 1.29 is 14.0 Å². The van der Waals surface area contributed by atoms with Crippen LogP contribution in [0.1, 0.15) is 25.1 Å². The molecule has 26 heavy (non-hydrogen) atoms. The number of imide groups is 1. The molecule has 2 aromatic rings. The summed E-state index contributed by atoms with van der Waals surface area (Å²) in [5.41, 5.74) is 1.46. The topological polar surface area (TPSA) is 68.4 Å². The van der Waals surface area contributed by atoms with Gasteiger partial charge in [-0.2, -0.15) is 0 Å². The largest absolute Gasteiger partial charge is 0.357 e. The molecule has 2 aliphatic heterocycles. The maximum Gasteiger partial charge on any atom is 0.328 e. The van der Waals surface area contributed by atoms with Gasteiger partial charge in [-0.05, 0) is 31.2 Å². The average Bonchev–Trinajstić information content (AvgIpc) is 3.01. The molecule has 3 amide bonds. The average molecular weight is 379 g/mol. The number of benzene rings is 1. The van der Waals surface area contributed by atoms with Crippen molar-refractivity contribution in [2.45, 2.75) is 32.4 Å². The zero-order valence-corrected chi connectivity index (χ0v) is 15.4. The van der Waals surface area contributed by atoms with Crippen LogP contribution >= 0.6 is 11.6 Å². The number of carbonyl (C=O) groups is 2. The molecule has 0 spiro atoms. The Kier molecular flexibility index (Phi) is 3.96. The van der Waals surface area contributed by atoms with E-state index in [0.717, 1.165) is 23.2 Å². The Hall–Kier alpha value is -2.12. The van der Waals surface area contributed by atoms with Crippen LogP contribution in [0.2, 0.25) is 5.02 Å². The lowest BCUT2D eigenvalue weighted by Crippen LogP contribution is -2.51. The first-order valence-electron chi connectivity index (χ1n) is 8.69. The molecule has 1 aromatic carbocycles. The van der Waals surface area contributed by atoms with E-state index in [2.05, 4.69) is 10.3 Å². The molecule has 2 N–H and O–H groups in total. The van der Waals surface area contributed by atoms with Crippen LogP contribution in [-0.4, -0.2) is 51.9 Å². The number of H-pyrrole nitrogens is 1. The molecule has 0 bridgehead atoms. The second-order valence-electron chi connectivity index (χ2n) is 7.02. The van der Waals surface area contributed by atoms with Gasteiger partial charge in [0.25, 0.3) is 5.91 Å². The fourth-order valence-corrected chi connectivity index (χ4v) is 4.13. The number of likely N-dealkylation sites (N-methyl/N-ethyl adjacent to an activating group) is 1. The lowest BCUT2D eigenvalue weighted by atomic mass is 9.86. The number of halogens is 2. The van der Waals surface area contributed by atoms with Gasteiger partial charge in [-0.1, -0.05) is 18.5 Å². The van der Waals surface area contributed by atoms with Crippen LogP contribution in [0.3, 0.4) is 0 Å². The van der Waals surface area contributed by atoms with Gasteiger partial charge in [-0.25, -0.2) is 9.18 Å². The Morgan fingerprint density at radius 3 is 2.88 bits per heavy atom. The molecule has 138 valence electrons. The van der Waals surface area contributed by atoms with E-state index < -0.39 is 11.4 Å². The number of rotatable bonds is 4. The second kappa shape index (κ2) is 5.96. The summed E-state index contributed by atoms with van der Waals surface area (Å²) in [5.74, 6) is -0.681. The van der Waals surface area contributed by atoms with E-state index in [9.17, 15) is 14.0 Å². The normalized spacial score (nSPS) is 22.3. The van der Waals surface area contributed by atoms with Gasteiger partial charge in [0.2, 0.25) is 0 Å². The number of carbonyl (C=O) groups excluding carboxylic acids is 2. The van der Waals surface area contributed by atoms with Gasteiger partial charge < -0.3 is 15.2 Å². The molecule has 1 aromatic heterocycles. The predicted molar refractivity (Wildman–Crippen MR) is 96.6 cm³/mol. The minimum atomic E-state index is -0.924. The van der Waals surface area contributed by atoms with Crippen LogP contribution in [0.5, 0.6) is 0 Å². The summed E-state index contributed by atoms with van der Waals surface area (Å²) < 4.78 is 13.8. The number of amides is 3. The maximum atomic E-state index is 13.8. The van der Waals surface area contributed by atoms with Crippen LogP contribution in [0.25, 0.3) is 10.9 Å². The SMILES string of the molecule is CCNCCN1C(=O)N2Cc3[nH]c4cc(F)c(Cl)cc4c3C[C@@]2(C)C1=O. The Labute approximate surface area is 155 Å². The Morgan fingerprint density at radius 2 is 2.15 bits per heavy atom. The number of aromatic amines is 1. The Bertz CT molecular complexity index is 928.